The number of rotatable bonds is 4. The van der Waals surface area contributed by atoms with Gasteiger partial charge in [-0.25, -0.2) is 4.39 Å². The third kappa shape index (κ3) is 3.87. The topological polar surface area (TPSA) is 20.3 Å². The molecule has 0 N–H and O–H groups in total. The Morgan fingerprint density at radius 1 is 1.37 bits per heavy atom. The first-order valence-electron chi connectivity index (χ1n) is 7.07. The van der Waals surface area contributed by atoms with Crippen molar-refractivity contribution in [3.63, 3.8) is 0 Å². The second-order valence-electron chi connectivity index (χ2n) is 5.79. The first kappa shape index (κ1) is 14.2. The number of ketones is 1. The van der Waals surface area contributed by atoms with Crippen molar-refractivity contribution in [2.45, 2.75) is 26.7 Å². The van der Waals surface area contributed by atoms with Crippen LogP contribution in [0.5, 0.6) is 0 Å². The van der Waals surface area contributed by atoms with E-state index in [1.54, 1.807) is 12.1 Å². The zero-order valence-corrected chi connectivity index (χ0v) is 11.7. The molecule has 1 heterocycles. The Balaban J connectivity index is 1.87. The number of Topliss-reactive ketones (excluding diaryl/α,β-unsaturated/α-hetero) is 1. The van der Waals surface area contributed by atoms with Gasteiger partial charge in [-0.1, -0.05) is 26.0 Å². The summed E-state index contributed by atoms with van der Waals surface area (Å²) in [6.07, 6.45) is 2.32. The lowest BCUT2D eigenvalue weighted by Crippen LogP contribution is -2.38. The highest BCUT2D eigenvalue weighted by molar-refractivity contribution is 5.97. The minimum absolute atomic E-state index is 0.0162. The zero-order chi connectivity index (χ0) is 13.8. The van der Waals surface area contributed by atoms with Gasteiger partial charge in [0, 0.05) is 5.56 Å². The third-order valence-corrected chi connectivity index (χ3v) is 4.09. The second-order valence-corrected chi connectivity index (χ2v) is 5.79. The minimum Gasteiger partial charge on any atom is -0.296 e. The average Bonchev–Trinajstić information content (AvgIpc) is 2.39. The Labute approximate surface area is 114 Å². The highest BCUT2D eigenvalue weighted by Gasteiger charge is 2.23. The van der Waals surface area contributed by atoms with Gasteiger partial charge in [-0.3, -0.25) is 9.69 Å². The number of halogens is 1. The van der Waals surface area contributed by atoms with Crippen molar-refractivity contribution in [2.75, 3.05) is 19.6 Å². The smallest absolute Gasteiger partial charge is 0.176 e. The summed E-state index contributed by atoms with van der Waals surface area (Å²) in [5.41, 5.74) is 0.478. The van der Waals surface area contributed by atoms with Crippen molar-refractivity contribution in [1.82, 2.24) is 4.90 Å². The van der Waals surface area contributed by atoms with Crippen LogP contribution in [0.15, 0.2) is 24.3 Å². The Morgan fingerprint density at radius 2 is 2.05 bits per heavy atom. The van der Waals surface area contributed by atoms with Gasteiger partial charge in [0.05, 0.1) is 6.54 Å². The van der Waals surface area contributed by atoms with Gasteiger partial charge in [0.1, 0.15) is 5.82 Å². The van der Waals surface area contributed by atoms with Crippen LogP contribution in [0.1, 0.15) is 37.0 Å². The van der Waals surface area contributed by atoms with Gasteiger partial charge in [0.15, 0.2) is 5.78 Å². The van der Waals surface area contributed by atoms with Gasteiger partial charge in [-0.15, -0.1) is 0 Å². The van der Waals surface area contributed by atoms with E-state index in [1.165, 1.54) is 12.1 Å². The molecular formula is C16H22FNO. The summed E-state index contributed by atoms with van der Waals surface area (Å²) in [5.74, 6) is 1.17. The van der Waals surface area contributed by atoms with Crippen LogP contribution < -0.4 is 0 Å². The molecule has 1 saturated heterocycles. The molecule has 1 aliphatic rings. The molecule has 0 radical (unpaired) electrons. The van der Waals surface area contributed by atoms with Gasteiger partial charge < -0.3 is 0 Å². The lowest BCUT2D eigenvalue weighted by Gasteiger charge is -2.33. The summed E-state index contributed by atoms with van der Waals surface area (Å²) in [4.78, 5) is 14.3. The number of carbonyl (C=O) groups excluding carboxylic acids is 1. The van der Waals surface area contributed by atoms with Gasteiger partial charge in [0.2, 0.25) is 0 Å². The van der Waals surface area contributed by atoms with Crippen LogP contribution in [-0.4, -0.2) is 30.3 Å². The fourth-order valence-electron chi connectivity index (χ4n) is 2.73. The number of hydrogen-bond donors (Lipinski definition) is 0. The molecule has 0 amide bonds. The van der Waals surface area contributed by atoms with Crippen molar-refractivity contribution in [3.05, 3.63) is 35.6 Å². The SMILES string of the molecule is CC(C)C1CCN(CC(=O)c2cccc(F)c2)CC1. The molecule has 1 fully saturated rings. The van der Waals surface area contributed by atoms with Crippen LogP contribution in [0.4, 0.5) is 4.39 Å². The van der Waals surface area contributed by atoms with Crippen LogP contribution in [0.3, 0.4) is 0 Å². The standard InChI is InChI=1S/C16H22FNO/c1-12(2)13-6-8-18(9-7-13)11-16(19)14-4-3-5-15(17)10-14/h3-5,10,12-13H,6-9,11H2,1-2H3. The Bertz CT molecular complexity index is 436. The number of benzene rings is 1. The number of piperidine rings is 1. The van der Waals surface area contributed by atoms with Crippen molar-refractivity contribution in [2.24, 2.45) is 11.8 Å². The first-order chi connectivity index (χ1) is 9.06. The summed E-state index contributed by atoms with van der Waals surface area (Å²) >= 11 is 0. The maximum atomic E-state index is 13.1. The molecule has 3 heteroatoms. The van der Waals surface area contributed by atoms with Crippen molar-refractivity contribution in [3.8, 4) is 0 Å². The van der Waals surface area contributed by atoms with E-state index in [1.807, 2.05) is 0 Å². The van der Waals surface area contributed by atoms with Crippen LogP contribution in [-0.2, 0) is 0 Å². The quantitative estimate of drug-likeness (QED) is 0.776. The summed E-state index contributed by atoms with van der Waals surface area (Å²) in [7, 11) is 0. The van der Waals surface area contributed by atoms with E-state index in [0.717, 1.165) is 37.8 Å². The van der Waals surface area contributed by atoms with E-state index in [2.05, 4.69) is 18.7 Å². The monoisotopic (exact) mass is 263 g/mol. The molecule has 0 bridgehead atoms. The lowest BCUT2D eigenvalue weighted by atomic mass is 9.86. The summed E-state index contributed by atoms with van der Waals surface area (Å²) in [6.45, 7) is 6.89. The van der Waals surface area contributed by atoms with Gasteiger partial charge in [-0.2, -0.15) is 0 Å². The van der Waals surface area contributed by atoms with E-state index in [9.17, 15) is 9.18 Å². The van der Waals surface area contributed by atoms with Crippen LogP contribution in [0.2, 0.25) is 0 Å². The predicted molar refractivity (Wildman–Crippen MR) is 74.7 cm³/mol. The zero-order valence-electron chi connectivity index (χ0n) is 11.7. The minimum atomic E-state index is -0.343. The maximum absolute atomic E-state index is 13.1. The molecule has 0 atom stereocenters. The number of hydrogen-bond acceptors (Lipinski definition) is 2. The first-order valence-corrected chi connectivity index (χ1v) is 7.07. The molecule has 1 aromatic rings. The molecule has 0 aromatic heterocycles. The fraction of sp³-hybridized carbons (Fsp3) is 0.562. The van der Waals surface area contributed by atoms with Crippen molar-refractivity contribution >= 4 is 5.78 Å². The molecule has 2 nitrogen and oxygen atoms in total. The maximum Gasteiger partial charge on any atom is 0.176 e. The van der Waals surface area contributed by atoms with Gasteiger partial charge in [-0.05, 0) is 49.9 Å². The number of nitrogens with zero attached hydrogens (tertiary/aromatic N) is 1. The molecule has 2 rings (SSSR count). The number of carbonyl (C=O) groups is 1. The average molecular weight is 263 g/mol. The molecule has 0 unspecified atom stereocenters. The molecule has 0 spiro atoms. The molecule has 0 saturated carbocycles. The summed E-state index contributed by atoms with van der Waals surface area (Å²) in [6, 6.07) is 5.97. The molecule has 1 aromatic carbocycles. The molecule has 19 heavy (non-hydrogen) atoms. The molecular weight excluding hydrogens is 241 g/mol. The van der Waals surface area contributed by atoms with Crippen molar-refractivity contribution in [1.29, 1.82) is 0 Å². The molecule has 0 aliphatic carbocycles. The van der Waals surface area contributed by atoms with E-state index < -0.39 is 0 Å². The lowest BCUT2D eigenvalue weighted by molar-refractivity contribution is 0.0879. The second kappa shape index (κ2) is 6.29. The molecule has 1 aliphatic heterocycles. The summed E-state index contributed by atoms with van der Waals surface area (Å²) in [5, 5.41) is 0. The van der Waals surface area contributed by atoms with E-state index in [0.29, 0.717) is 12.1 Å². The molecule has 104 valence electrons. The number of likely N-dealkylation sites (tertiary alicyclic amines) is 1. The van der Waals surface area contributed by atoms with Crippen molar-refractivity contribution < 1.29 is 9.18 Å². The highest BCUT2D eigenvalue weighted by Crippen LogP contribution is 2.24. The Kier molecular flexibility index (Phi) is 4.70. The van der Waals surface area contributed by atoms with Crippen LogP contribution >= 0.6 is 0 Å². The Morgan fingerprint density at radius 3 is 2.63 bits per heavy atom. The predicted octanol–water partition coefficient (Wildman–Crippen LogP) is 3.38. The Hall–Kier alpha value is -1.22. The van der Waals surface area contributed by atoms with E-state index in [4.69, 9.17) is 0 Å². The van der Waals surface area contributed by atoms with Gasteiger partial charge >= 0.3 is 0 Å². The fourth-order valence-corrected chi connectivity index (χ4v) is 2.73. The third-order valence-electron chi connectivity index (χ3n) is 4.09. The van der Waals surface area contributed by atoms with Crippen LogP contribution in [0.25, 0.3) is 0 Å². The normalized spacial score (nSPS) is 17.9. The van der Waals surface area contributed by atoms with E-state index >= 15 is 0 Å². The largest absolute Gasteiger partial charge is 0.296 e. The summed E-state index contributed by atoms with van der Waals surface area (Å²) < 4.78 is 13.1. The van der Waals surface area contributed by atoms with Gasteiger partial charge in [0.25, 0.3) is 0 Å². The highest BCUT2D eigenvalue weighted by atomic mass is 19.1. The van der Waals surface area contributed by atoms with E-state index in [-0.39, 0.29) is 11.6 Å². The van der Waals surface area contributed by atoms with Crippen LogP contribution in [0, 0.1) is 17.7 Å².